The summed E-state index contributed by atoms with van der Waals surface area (Å²) in [5.41, 5.74) is 2.38. The van der Waals surface area contributed by atoms with Gasteiger partial charge in [0.1, 0.15) is 5.82 Å². The van der Waals surface area contributed by atoms with E-state index in [0.717, 1.165) is 41.9 Å². The summed E-state index contributed by atoms with van der Waals surface area (Å²) >= 11 is 0. The first kappa shape index (κ1) is 19.7. The summed E-state index contributed by atoms with van der Waals surface area (Å²) in [4.78, 5) is 10.1. The third kappa shape index (κ3) is 3.43. The number of benzene rings is 1. The van der Waals surface area contributed by atoms with Crippen LogP contribution in [0.2, 0.25) is 6.82 Å². The molecule has 0 radical (unpaired) electrons. The van der Waals surface area contributed by atoms with Gasteiger partial charge in [-0.25, -0.2) is 4.98 Å². The number of nitrogens with one attached hydrogen (secondary N) is 1. The van der Waals surface area contributed by atoms with Crippen molar-refractivity contribution in [1.29, 1.82) is 0 Å². The van der Waals surface area contributed by atoms with Crippen LogP contribution in [0.1, 0.15) is 52.4 Å². The van der Waals surface area contributed by atoms with Crippen molar-refractivity contribution in [2.75, 3.05) is 6.54 Å². The van der Waals surface area contributed by atoms with E-state index in [1.807, 2.05) is 13.0 Å². The molecule has 148 valence electrons. The number of H-pyrrole nitrogens is 1. The Hall–Kier alpha value is -1.60. The molecular weight excluding hydrogens is 352 g/mol. The number of aromatic amines is 1. The molecule has 0 aliphatic carbocycles. The van der Waals surface area contributed by atoms with Crippen molar-refractivity contribution in [2.45, 2.75) is 64.6 Å². The second kappa shape index (κ2) is 7.02. The molecule has 2 aromatic rings. The zero-order chi connectivity index (χ0) is 20.1. The number of rotatable bonds is 4. The normalized spacial score (nSPS) is 24.1. The van der Waals surface area contributed by atoms with Gasteiger partial charge in [0.2, 0.25) is 0 Å². The molecule has 4 rings (SSSR count). The van der Waals surface area contributed by atoms with Gasteiger partial charge < -0.3 is 24.1 Å². The summed E-state index contributed by atoms with van der Waals surface area (Å²) in [6, 6.07) is 8.39. The average molecular weight is 381 g/mol. The smallest absolute Gasteiger partial charge is 0.437 e. The van der Waals surface area contributed by atoms with Gasteiger partial charge in [-0.3, -0.25) is 0 Å². The largest absolute Gasteiger partial charge is 0.494 e. The summed E-state index contributed by atoms with van der Waals surface area (Å²) in [5, 5.41) is 9.98. The number of imidazole rings is 1. The molecule has 2 N–H and O–H groups in total. The first-order chi connectivity index (χ1) is 13.2. The van der Waals surface area contributed by atoms with Crippen LogP contribution in [0.5, 0.6) is 0 Å². The van der Waals surface area contributed by atoms with Crippen molar-refractivity contribution in [2.24, 2.45) is 0 Å². The molecule has 2 aliphatic heterocycles. The van der Waals surface area contributed by atoms with Gasteiger partial charge in [-0.2, -0.15) is 0 Å². The van der Waals surface area contributed by atoms with Crippen molar-refractivity contribution in [3.63, 3.8) is 0 Å². The molecule has 2 aliphatic rings. The van der Waals surface area contributed by atoms with Crippen molar-refractivity contribution < 1.29 is 14.3 Å². The molecule has 0 bridgehead atoms. The summed E-state index contributed by atoms with van der Waals surface area (Å²) < 4.78 is 12.3. The number of aromatic nitrogens is 2. The molecule has 3 heterocycles. The molecule has 0 spiro atoms. The highest BCUT2D eigenvalue weighted by molar-refractivity contribution is 6.62. The monoisotopic (exact) mass is 381 g/mol. The molecule has 0 saturated carbocycles. The lowest BCUT2D eigenvalue weighted by atomic mass is 9.79. The minimum absolute atomic E-state index is 0.151. The van der Waals surface area contributed by atoms with Crippen LogP contribution in [-0.2, 0) is 9.31 Å². The van der Waals surface area contributed by atoms with Crippen LogP contribution in [0.15, 0.2) is 30.5 Å². The highest BCUT2D eigenvalue weighted by Crippen LogP contribution is 2.36. The Morgan fingerprint density at radius 1 is 1.18 bits per heavy atom. The number of nitrogens with zero attached hydrogens (tertiary/aromatic N) is 2. The molecule has 0 unspecified atom stereocenters. The molecule has 1 aromatic heterocycles. The van der Waals surface area contributed by atoms with Gasteiger partial charge in [-0.05, 0) is 64.9 Å². The van der Waals surface area contributed by atoms with Crippen LogP contribution in [0.25, 0.3) is 11.3 Å². The van der Waals surface area contributed by atoms with Crippen molar-refractivity contribution in [3.8, 4) is 11.3 Å². The van der Waals surface area contributed by atoms with Gasteiger partial charge in [-0.1, -0.05) is 24.3 Å². The molecule has 28 heavy (non-hydrogen) atoms. The first-order valence-electron chi connectivity index (χ1n) is 10.1. The van der Waals surface area contributed by atoms with Gasteiger partial charge in [0.15, 0.2) is 0 Å². The van der Waals surface area contributed by atoms with E-state index in [4.69, 9.17) is 9.31 Å². The van der Waals surface area contributed by atoms with Crippen LogP contribution >= 0.6 is 0 Å². The molecule has 8 heteroatoms. The zero-order valence-electron chi connectivity index (χ0n) is 17.4. The van der Waals surface area contributed by atoms with Crippen molar-refractivity contribution in [1.82, 2.24) is 14.8 Å². The quantitative estimate of drug-likeness (QED) is 0.797. The predicted molar refractivity (Wildman–Crippen MR) is 112 cm³/mol. The van der Waals surface area contributed by atoms with E-state index in [0.29, 0.717) is 0 Å². The van der Waals surface area contributed by atoms with Crippen LogP contribution in [0.3, 0.4) is 0 Å². The van der Waals surface area contributed by atoms with Gasteiger partial charge in [0.05, 0.1) is 29.1 Å². The fourth-order valence-corrected chi connectivity index (χ4v) is 3.98. The topological polar surface area (TPSA) is 70.6 Å². The van der Waals surface area contributed by atoms with Gasteiger partial charge >= 0.3 is 14.2 Å². The Bertz CT molecular complexity index is 819. The molecule has 2 saturated heterocycles. The lowest BCUT2D eigenvalue weighted by Gasteiger charge is -2.32. The second-order valence-electron chi connectivity index (χ2n) is 8.92. The molecule has 1 atom stereocenters. The Morgan fingerprint density at radius 3 is 2.43 bits per heavy atom. The summed E-state index contributed by atoms with van der Waals surface area (Å²) in [5.74, 6) is 0.920. The van der Waals surface area contributed by atoms with E-state index < -0.39 is 7.05 Å². The Morgan fingerprint density at radius 2 is 1.82 bits per heavy atom. The van der Waals surface area contributed by atoms with Crippen LogP contribution in [-0.4, -0.2) is 51.7 Å². The van der Waals surface area contributed by atoms with E-state index in [1.165, 1.54) is 0 Å². The van der Waals surface area contributed by atoms with Crippen LogP contribution in [0.4, 0.5) is 0 Å². The maximum Gasteiger partial charge on any atom is 0.494 e. The maximum absolute atomic E-state index is 9.98. The third-order valence-corrected chi connectivity index (χ3v) is 6.43. The Labute approximate surface area is 167 Å². The highest BCUT2D eigenvalue weighted by atomic mass is 16.7. The molecular formula is C20H29B2N3O3. The average Bonchev–Trinajstić information content (AvgIpc) is 3.33. The highest BCUT2D eigenvalue weighted by Gasteiger charge is 2.51. The SMILES string of the molecule is CB(O)N1CCC[C@H]1c1ncc(-c2ccc(B3OC(C)(C)C(C)(C)O3)cc2)[nH]1. The molecule has 0 amide bonds. The lowest BCUT2D eigenvalue weighted by Crippen LogP contribution is -2.41. The molecule has 6 nitrogen and oxygen atoms in total. The van der Waals surface area contributed by atoms with Crippen molar-refractivity contribution in [3.05, 3.63) is 36.3 Å². The molecule has 1 aromatic carbocycles. The lowest BCUT2D eigenvalue weighted by molar-refractivity contribution is 0.00578. The van der Waals surface area contributed by atoms with E-state index in [2.05, 4.69) is 66.7 Å². The molecule has 2 fully saturated rings. The summed E-state index contributed by atoms with van der Waals surface area (Å²) in [6.07, 6.45) is 3.96. The fourth-order valence-electron chi connectivity index (χ4n) is 3.98. The number of hydrogen-bond donors (Lipinski definition) is 2. The second-order valence-corrected chi connectivity index (χ2v) is 8.92. The predicted octanol–water partition coefficient (Wildman–Crippen LogP) is 2.62. The Balaban J connectivity index is 1.50. The summed E-state index contributed by atoms with van der Waals surface area (Å²) in [6.45, 7) is 11.0. The van der Waals surface area contributed by atoms with Gasteiger partial charge in [0.25, 0.3) is 0 Å². The first-order valence-corrected chi connectivity index (χ1v) is 10.1. The number of hydrogen-bond acceptors (Lipinski definition) is 5. The van der Waals surface area contributed by atoms with E-state index in [1.54, 1.807) is 0 Å². The standard InChI is InChI=1S/C20H29B2N3O3/c1-19(2)20(3,4)28-22(27-19)15-10-8-14(9-11-15)16-13-23-18(24-16)17-7-6-12-25(17)21(5)26/h8-11,13,17,26H,6-7,12H2,1-5H3,(H,23,24)/t17-/m0/s1. The van der Waals surface area contributed by atoms with Gasteiger partial charge in [0, 0.05) is 0 Å². The van der Waals surface area contributed by atoms with E-state index >= 15 is 0 Å². The summed E-state index contributed by atoms with van der Waals surface area (Å²) in [7, 11) is -0.810. The van der Waals surface area contributed by atoms with Gasteiger partial charge in [-0.15, -0.1) is 0 Å². The minimum Gasteiger partial charge on any atom is -0.437 e. The Kier molecular flexibility index (Phi) is 4.94. The van der Waals surface area contributed by atoms with Crippen LogP contribution in [0, 0.1) is 0 Å². The minimum atomic E-state index is -0.458. The maximum atomic E-state index is 9.98. The zero-order valence-corrected chi connectivity index (χ0v) is 17.4. The van der Waals surface area contributed by atoms with E-state index in [9.17, 15) is 5.02 Å². The van der Waals surface area contributed by atoms with Crippen LogP contribution < -0.4 is 5.46 Å². The third-order valence-electron chi connectivity index (χ3n) is 6.43. The van der Waals surface area contributed by atoms with E-state index in [-0.39, 0.29) is 24.4 Å². The fraction of sp³-hybridized carbons (Fsp3) is 0.550. The van der Waals surface area contributed by atoms with Crippen molar-refractivity contribution >= 4 is 19.6 Å².